The molecule has 1 aliphatic rings. The van der Waals surface area contributed by atoms with Gasteiger partial charge in [0.1, 0.15) is 5.82 Å². The largest absolute Gasteiger partial charge is 0.314 e. The van der Waals surface area contributed by atoms with E-state index in [-0.39, 0.29) is 5.82 Å². The Morgan fingerprint density at radius 3 is 2.89 bits per heavy atom. The molecule has 0 saturated heterocycles. The van der Waals surface area contributed by atoms with Gasteiger partial charge >= 0.3 is 0 Å². The fourth-order valence-electron chi connectivity index (χ4n) is 3.24. The maximum Gasteiger partial charge on any atom is 0.137 e. The zero-order valence-corrected chi connectivity index (χ0v) is 13.3. The molecule has 0 spiro atoms. The van der Waals surface area contributed by atoms with E-state index in [0.29, 0.717) is 16.4 Å². The molecular formula is C16H23BrFN. The van der Waals surface area contributed by atoms with Crippen molar-refractivity contribution in [3.05, 3.63) is 34.1 Å². The van der Waals surface area contributed by atoms with Gasteiger partial charge in [-0.25, -0.2) is 4.39 Å². The van der Waals surface area contributed by atoms with Gasteiger partial charge in [0, 0.05) is 6.04 Å². The van der Waals surface area contributed by atoms with Crippen LogP contribution in [0.2, 0.25) is 0 Å². The van der Waals surface area contributed by atoms with Crippen molar-refractivity contribution in [1.29, 1.82) is 0 Å². The molecule has 1 aromatic carbocycles. The quantitative estimate of drug-likeness (QED) is 0.855. The Bertz CT molecular complexity index is 421. The summed E-state index contributed by atoms with van der Waals surface area (Å²) in [5.74, 6) is 1.25. The van der Waals surface area contributed by atoms with Crippen LogP contribution in [0.5, 0.6) is 0 Å². The first kappa shape index (κ1) is 15.0. The molecule has 0 radical (unpaired) electrons. The van der Waals surface area contributed by atoms with E-state index < -0.39 is 0 Å². The summed E-state index contributed by atoms with van der Waals surface area (Å²) in [4.78, 5) is 0. The van der Waals surface area contributed by atoms with Crippen LogP contribution in [-0.2, 0) is 6.42 Å². The predicted molar refractivity (Wildman–Crippen MR) is 81.8 cm³/mol. The molecule has 3 unspecified atom stereocenters. The summed E-state index contributed by atoms with van der Waals surface area (Å²) in [6.45, 7) is 5.50. The molecule has 0 amide bonds. The zero-order valence-electron chi connectivity index (χ0n) is 11.8. The van der Waals surface area contributed by atoms with Crippen LogP contribution in [-0.4, -0.2) is 12.6 Å². The average molecular weight is 328 g/mol. The lowest BCUT2D eigenvalue weighted by Crippen LogP contribution is -2.41. The van der Waals surface area contributed by atoms with Crippen molar-refractivity contribution < 1.29 is 4.39 Å². The Morgan fingerprint density at radius 2 is 2.16 bits per heavy atom. The molecule has 1 fully saturated rings. The number of nitrogens with one attached hydrogen (secondary N) is 1. The van der Waals surface area contributed by atoms with Crippen molar-refractivity contribution in [3.8, 4) is 0 Å². The van der Waals surface area contributed by atoms with Gasteiger partial charge in [0.15, 0.2) is 0 Å². The summed E-state index contributed by atoms with van der Waals surface area (Å²) in [5.41, 5.74) is 1.10. The third kappa shape index (κ3) is 3.79. The minimum absolute atomic E-state index is 0.152. The van der Waals surface area contributed by atoms with Crippen molar-refractivity contribution in [1.82, 2.24) is 5.32 Å². The summed E-state index contributed by atoms with van der Waals surface area (Å²) >= 11 is 3.39. The highest BCUT2D eigenvalue weighted by atomic mass is 79.9. The minimum atomic E-state index is -0.152. The molecule has 0 aliphatic heterocycles. The van der Waals surface area contributed by atoms with E-state index in [1.165, 1.54) is 25.3 Å². The first-order valence-electron chi connectivity index (χ1n) is 7.28. The molecule has 0 aromatic heterocycles. The van der Waals surface area contributed by atoms with Crippen molar-refractivity contribution >= 4 is 15.9 Å². The topological polar surface area (TPSA) is 12.0 Å². The average Bonchev–Trinajstić information content (AvgIpc) is 2.38. The monoisotopic (exact) mass is 327 g/mol. The van der Waals surface area contributed by atoms with Crippen LogP contribution in [0.4, 0.5) is 4.39 Å². The van der Waals surface area contributed by atoms with Gasteiger partial charge in [0.2, 0.25) is 0 Å². The highest BCUT2D eigenvalue weighted by molar-refractivity contribution is 9.10. The SMILES string of the molecule is CCNC1CCC(C)CC1Cc1cccc(F)c1Br. The normalized spacial score (nSPS) is 27.5. The Hall–Kier alpha value is -0.410. The molecule has 1 saturated carbocycles. The second-order valence-electron chi connectivity index (χ2n) is 5.76. The zero-order chi connectivity index (χ0) is 13.8. The molecule has 19 heavy (non-hydrogen) atoms. The van der Waals surface area contributed by atoms with Crippen LogP contribution in [0, 0.1) is 17.7 Å². The van der Waals surface area contributed by atoms with Crippen LogP contribution in [0.25, 0.3) is 0 Å². The first-order chi connectivity index (χ1) is 9.11. The molecule has 1 N–H and O–H groups in total. The van der Waals surface area contributed by atoms with E-state index in [1.807, 2.05) is 12.1 Å². The fraction of sp³-hybridized carbons (Fsp3) is 0.625. The molecule has 0 bridgehead atoms. The van der Waals surface area contributed by atoms with Crippen LogP contribution in [0.15, 0.2) is 22.7 Å². The van der Waals surface area contributed by atoms with Crippen molar-refractivity contribution in [2.45, 2.75) is 45.6 Å². The third-order valence-electron chi connectivity index (χ3n) is 4.22. The van der Waals surface area contributed by atoms with Crippen molar-refractivity contribution in [2.75, 3.05) is 6.54 Å². The molecule has 1 aromatic rings. The van der Waals surface area contributed by atoms with Gasteiger partial charge in [-0.15, -0.1) is 0 Å². The van der Waals surface area contributed by atoms with E-state index in [2.05, 4.69) is 35.1 Å². The molecule has 1 nitrogen and oxygen atoms in total. The lowest BCUT2D eigenvalue weighted by atomic mass is 9.76. The van der Waals surface area contributed by atoms with Crippen LogP contribution < -0.4 is 5.32 Å². The lowest BCUT2D eigenvalue weighted by molar-refractivity contribution is 0.214. The van der Waals surface area contributed by atoms with Gasteiger partial charge < -0.3 is 5.32 Å². The number of benzene rings is 1. The standard InChI is InChI=1S/C16H23BrFN/c1-3-19-15-8-7-11(2)9-13(15)10-12-5-4-6-14(18)16(12)17/h4-6,11,13,15,19H,3,7-10H2,1-2H3. The summed E-state index contributed by atoms with van der Waals surface area (Å²) < 4.78 is 14.2. The molecule has 1 aliphatic carbocycles. The highest BCUT2D eigenvalue weighted by Gasteiger charge is 2.28. The Morgan fingerprint density at radius 1 is 1.37 bits per heavy atom. The maximum absolute atomic E-state index is 13.6. The van der Waals surface area contributed by atoms with E-state index in [9.17, 15) is 4.39 Å². The number of rotatable bonds is 4. The summed E-state index contributed by atoms with van der Waals surface area (Å²) in [6.07, 6.45) is 4.74. The molecule has 3 atom stereocenters. The predicted octanol–water partition coefficient (Wildman–Crippen LogP) is 4.55. The van der Waals surface area contributed by atoms with Crippen LogP contribution >= 0.6 is 15.9 Å². The Kier molecular flexibility index (Phi) is 5.40. The molecule has 2 rings (SSSR count). The van der Waals surface area contributed by atoms with Gasteiger partial charge in [0.25, 0.3) is 0 Å². The van der Waals surface area contributed by atoms with Gasteiger partial charge in [0.05, 0.1) is 4.47 Å². The molecular weight excluding hydrogens is 305 g/mol. The third-order valence-corrected chi connectivity index (χ3v) is 5.11. The second-order valence-corrected chi connectivity index (χ2v) is 6.55. The molecule has 0 heterocycles. The van der Waals surface area contributed by atoms with Crippen LogP contribution in [0.3, 0.4) is 0 Å². The van der Waals surface area contributed by atoms with Crippen molar-refractivity contribution in [3.63, 3.8) is 0 Å². The van der Waals surface area contributed by atoms with Gasteiger partial charge in [-0.3, -0.25) is 0 Å². The molecule has 3 heteroatoms. The smallest absolute Gasteiger partial charge is 0.137 e. The lowest BCUT2D eigenvalue weighted by Gasteiger charge is -2.35. The summed E-state index contributed by atoms with van der Waals surface area (Å²) in [7, 11) is 0. The summed E-state index contributed by atoms with van der Waals surface area (Å²) in [6, 6.07) is 5.94. The number of hydrogen-bond donors (Lipinski definition) is 1. The maximum atomic E-state index is 13.6. The van der Waals surface area contributed by atoms with Crippen molar-refractivity contribution in [2.24, 2.45) is 11.8 Å². The molecule has 106 valence electrons. The van der Waals surface area contributed by atoms with Gasteiger partial charge in [-0.05, 0) is 71.6 Å². The number of hydrogen-bond acceptors (Lipinski definition) is 1. The fourth-order valence-corrected chi connectivity index (χ4v) is 3.67. The number of halogens is 2. The van der Waals surface area contributed by atoms with Gasteiger partial charge in [-0.2, -0.15) is 0 Å². The first-order valence-corrected chi connectivity index (χ1v) is 8.07. The van der Waals surface area contributed by atoms with Gasteiger partial charge in [-0.1, -0.05) is 26.0 Å². The Balaban J connectivity index is 2.11. The van der Waals surface area contributed by atoms with E-state index in [4.69, 9.17) is 0 Å². The van der Waals surface area contributed by atoms with E-state index >= 15 is 0 Å². The van der Waals surface area contributed by atoms with Crippen LogP contribution in [0.1, 0.15) is 38.7 Å². The summed E-state index contributed by atoms with van der Waals surface area (Å²) in [5, 5.41) is 3.60. The minimum Gasteiger partial charge on any atom is -0.314 e. The van der Waals surface area contributed by atoms with E-state index in [0.717, 1.165) is 24.4 Å². The van der Waals surface area contributed by atoms with E-state index in [1.54, 1.807) is 0 Å². The second kappa shape index (κ2) is 6.85. The Labute approximate surface area is 124 Å². The highest BCUT2D eigenvalue weighted by Crippen LogP contribution is 2.33.